The summed E-state index contributed by atoms with van der Waals surface area (Å²) < 4.78 is 5.59. The normalized spacial score (nSPS) is 10.2. The lowest BCUT2D eigenvalue weighted by Gasteiger charge is -2.08. The maximum absolute atomic E-state index is 6.01. The number of nitrogens with two attached hydrogens (primary N) is 1. The molecule has 4 heteroatoms. The van der Waals surface area contributed by atoms with Gasteiger partial charge in [0, 0.05) is 5.69 Å². The molecule has 2 N–H and O–H groups in total. The van der Waals surface area contributed by atoms with Crippen molar-refractivity contribution in [1.29, 1.82) is 0 Å². The average Bonchev–Trinajstić information content (AvgIpc) is 2.33. The van der Waals surface area contributed by atoms with E-state index >= 15 is 0 Å². The van der Waals surface area contributed by atoms with Crippen molar-refractivity contribution in [3.63, 3.8) is 0 Å². The lowest BCUT2D eigenvalue weighted by molar-refractivity contribution is 0.306. The van der Waals surface area contributed by atoms with E-state index in [1.54, 1.807) is 18.2 Å². The van der Waals surface area contributed by atoms with Crippen LogP contribution in [0.5, 0.6) is 5.75 Å². The van der Waals surface area contributed by atoms with Crippen molar-refractivity contribution < 1.29 is 4.74 Å². The van der Waals surface area contributed by atoms with Crippen LogP contribution >= 0.6 is 23.2 Å². The summed E-state index contributed by atoms with van der Waals surface area (Å²) in [6, 6.07) is 12.8. The standard InChI is InChI=1S/C13H11Cl2NO/c14-11-2-1-3-12(13(11)15)17-8-9-4-6-10(16)7-5-9/h1-7H,8,16H2. The minimum atomic E-state index is 0.431. The average molecular weight is 268 g/mol. The molecule has 2 aromatic carbocycles. The van der Waals surface area contributed by atoms with E-state index in [1.807, 2.05) is 24.3 Å². The molecule has 17 heavy (non-hydrogen) atoms. The minimum Gasteiger partial charge on any atom is -0.487 e. The molecule has 0 radical (unpaired) electrons. The number of halogens is 2. The summed E-state index contributed by atoms with van der Waals surface area (Å²) in [5.74, 6) is 0.580. The van der Waals surface area contributed by atoms with Gasteiger partial charge in [0.1, 0.15) is 17.4 Å². The molecular formula is C13H11Cl2NO. The van der Waals surface area contributed by atoms with Gasteiger partial charge in [0.05, 0.1) is 5.02 Å². The molecule has 2 nitrogen and oxygen atoms in total. The van der Waals surface area contributed by atoms with Gasteiger partial charge in [-0.15, -0.1) is 0 Å². The van der Waals surface area contributed by atoms with Gasteiger partial charge in [-0.3, -0.25) is 0 Å². The van der Waals surface area contributed by atoms with Crippen molar-refractivity contribution >= 4 is 28.9 Å². The van der Waals surface area contributed by atoms with E-state index in [0.29, 0.717) is 22.4 Å². The van der Waals surface area contributed by atoms with Crippen molar-refractivity contribution in [2.45, 2.75) is 6.61 Å². The van der Waals surface area contributed by atoms with Gasteiger partial charge in [0.2, 0.25) is 0 Å². The van der Waals surface area contributed by atoms with Crippen LogP contribution in [0.3, 0.4) is 0 Å². The van der Waals surface area contributed by atoms with Crippen LogP contribution in [0, 0.1) is 0 Å². The zero-order chi connectivity index (χ0) is 12.3. The highest BCUT2D eigenvalue weighted by atomic mass is 35.5. The van der Waals surface area contributed by atoms with Gasteiger partial charge in [-0.05, 0) is 29.8 Å². The first kappa shape index (κ1) is 12.1. The molecule has 0 saturated heterocycles. The van der Waals surface area contributed by atoms with Crippen LogP contribution in [0.1, 0.15) is 5.56 Å². The smallest absolute Gasteiger partial charge is 0.139 e. The van der Waals surface area contributed by atoms with Gasteiger partial charge in [0.25, 0.3) is 0 Å². The van der Waals surface area contributed by atoms with E-state index in [2.05, 4.69) is 0 Å². The first-order chi connectivity index (χ1) is 8.16. The molecule has 0 bridgehead atoms. The number of rotatable bonds is 3. The third-order valence-electron chi connectivity index (χ3n) is 2.29. The number of benzene rings is 2. The van der Waals surface area contributed by atoms with Gasteiger partial charge >= 0.3 is 0 Å². The van der Waals surface area contributed by atoms with Gasteiger partial charge in [-0.2, -0.15) is 0 Å². The van der Waals surface area contributed by atoms with E-state index < -0.39 is 0 Å². The van der Waals surface area contributed by atoms with Gasteiger partial charge in [0.15, 0.2) is 0 Å². The summed E-state index contributed by atoms with van der Waals surface area (Å²) in [6.07, 6.45) is 0. The summed E-state index contributed by atoms with van der Waals surface area (Å²) in [5.41, 5.74) is 7.35. The van der Waals surface area contributed by atoms with Crippen LogP contribution in [-0.2, 0) is 6.61 Å². The Labute approximate surface area is 110 Å². The number of ether oxygens (including phenoxy) is 1. The highest BCUT2D eigenvalue weighted by Gasteiger charge is 2.05. The molecule has 0 atom stereocenters. The SMILES string of the molecule is Nc1ccc(COc2cccc(Cl)c2Cl)cc1. The minimum absolute atomic E-state index is 0.431. The molecule has 0 aliphatic rings. The molecule has 0 fully saturated rings. The molecule has 2 aromatic rings. The van der Waals surface area contributed by atoms with Gasteiger partial charge in [-0.25, -0.2) is 0 Å². The second-order valence-electron chi connectivity index (χ2n) is 3.58. The second-order valence-corrected chi connectivity index (χ2v) is 4.37. The fourth-order valence-corrected chi connectivity index (χ4v) is 1.72. The summed E-state index contributed by atoms with van der Waals surface area (Å²) in [5, 5.41) is 0.922. The van der Waals surface area contributed by atoms with E-state index in [0.717, 1.165) is 11.3 Å². The first-order valence-electron chi connectivity index (χ1n) is 5.08. The number of hydrogen-bond donors (Lipinski definition) is 1. The Balaban J connectivity index is 2.07. The topological polar surface area (TPSA) is 35.2 Å². The van der Waals surface area contributed by atoms with Crippen molar-refractivity contribution in [1.82, 2.24) is 0 Å². The summed E-state index contributed by atoms with van der Waals surface area (Å²) in [4.78, 5) is 0. The van der Waals surface area contributed by atoms with Crippen LogP contribution < -0.4 is 10.5 Å². The Morgan fingerprint density at radius 2 is 1.71 bits per heavy atom. The molecule has 0 unspecified atom stereocenters. The predicted octanol–water partition coefficient (Wildman–Crippen LogP) is 4.15. The fraction of sp³-hybridized carbons (Fsp3) is 0.0769. The highest BCUT2D eigenvalue weighted by molar-refractivity contribution is 6.42. The highest BCUT2D eigenvalue weighted by Crippen LogP contribution is 2.31. The lowest BCUT2D eigenvalue weighted by atomic mass is 10.2. The zero-order valence-corrected chi connectivity index (χ0v) is 10.5. The quantitative estimate of drug-likeness (QED) is 0.848. The van der Waals surface area contributed by atoms with Crippen molar-refractivity contribution in [2.75, 3.05) is 5.73 Å². The van der Waals surface area contributed by atoms with E-state index in [1.165, 1.54) is 0 Å². The predicted molar refractivity (Wildman–Crippen MR) is 71.6 cm³/mol. The third kappa shape index (κ3) is 3.05. The second kappa shape index (κ2) is 5.30. The van der Waals surface area contributed by atoms with Crippen LogP contribution in [0.15, 0.2) is 42.5 Å². The molecular weight excluding hydrogens is 257 g/mol. The molecule has 2 rings (SSSR count). The molecule has 0 saturated carbocycles. The van der Waals surface area contributed by atoms with Crippen molar-refractivity contribution in [3.05, 3.63) is 58.1 Å². The largest absolute Gasteiger partial charge is 0.487 e. The molecule has 0 aliphatic carbocycles. The molecule has 0 amide bonds. The monoisotopic (exact) mass is 267 g/mol. The Morgan fingerprint density at radius 1 is 1.00 bits per heavy atom. The third-order valence-corrected chi connectivity index (χ3v) is 3.09. The molecule has 0 spiro atoms. The van der Waals surface area contributed by atoms with Crippen molar-refractivity contribution in [2.24, 2.45) is 0 Å². The maximum atomic E-state index is 6.01. The van der Waals surface area contributed by atoms with E-state index in [-0.39, 0.29) is 0 Å². The Kier molecular flexibility index (Phi) is 3.77. The molecule has 0 aromatic heterocycles. The first-order valence-corrected chi connectivity index (χ1v) is 5.83. The molecule has 0 heterocycles. The summed E-state index contributed by atoms with van der Waals surface area (Å²) in [7, 11) is 0. The Hall–Kier alpha value is -1.38. The maximum Gasteiger partial charge on any atom is 0.139 e. The van der Waals surface area contributed by atoms with Gasteiger partial charge in [-0.1, -0.05) is 41.4 Å². The van der Waals surface area contributed by atoms with Crippen LogP contribution in [-0.4, -0.2) is 0 Å². The number of anilines is 1. The van der Waals surface area contributed by atoms with Crippen LogP contribution in [0.2, 0.25) is 10.0 Å². The van der Waals surface area contributed by atoms with Crippen molar-refractivity contribution in [3.8, 4) is 5.75 Å². The summed E-state index contributed by atoms with van der Waals surface area (Å²) >= 11 is 11.9. The zero-order valence-electron chi connectivity index (χ0n) is 8.99. The summed E-state index contributed by atoms with van der Waals surface area (Å²) in [6.45, 7) is 0.431. The number of nitrogen functional groups attached to an aromatic ring is 1. The van der Waals surface area contributed by atoms with E-state index in [9.17, 15) is 0 Å². The Bertz CT molecular complexity index is 511. The number of hydrogen-bond acceptors (Lipinski definition) is 2. The molecule has 88 valence electrons. The molecule has 0 aliphatic heterocycles. The van der Waals surface area contributed by atoms with E-state index in [4.69, 9.17) is 33.7 Å². The van der Waals surface area contributed by atoms with Crippen LogP contribution in [0.4, 0.5) is 5.69 Å². The van der Waals surface area contributed by atoms with Crippen LogP contribution in [0.25, 0.3) is 0 Å². The van der Waals surface area contributed by atoms with Gasteiger partial charge < -0.3 is 10.5 Å². The lowest BCUT2D eigenvalue weighted by Crippen LogP contribution is -1.96. The Morgan fingerprint density at radius 3 is 2.41 bits per heavy atom. The fourth-order valence-electron chi connectivity index (χ4n) is 1.37.